The zero-order valence-electron chi connectivity index (χ0n) is 20.8. The van der Waals surface area contributed by atoms with Gasteiger partial charge in [-0.2, -0.15) is 0 Å². The minimum atomic E-state index is -1.42. The van der Waals surface area contributed by atoms with Crippen LogP contribution < -0.4 is 33.2 Å². The van der Waals surface area contributed by atoms with E-state index in [4.69, 9.17) is 22.3 Å². The summed E-state index contributed by atoms with van der Waals surface area (Å²) in [6.45, 7) is 3.92. The van der Waals surface area contributed by atoms with Crippen molar-refractivity contribution in [2.24, 2.45) is 23.1 Å². The number of rotatable bonds is 19. The zero-order valence-corrected chi connectivity index (χ0v) is 20.8. The minimum Gasteiger partial charge on any atom is -0.481 e. The lowest BCUT2D eigenvalue weighted by Crippen LogP contribution is -2.57. The summed E-state index contributed by atoms with van der Waals surface area (Å²) >= 11 is 0. The van der Waals surface area contributed by atoms with Gasteiger partial charge in [0.05, 0.1) is 6.04 Å². The van der Waals surface area contributed by atoms with E-state index in [2.05, 4.69) is 16.0 Å². The van der Waals surface area contributed by atoms with Gasteiger partial charge in [-0.3, -0.25) is 24.0 Å². The van der Waals surface area contributed by atoms with Gasteiger partial charge in [0, 0.05) is 12.8 Å². The molecule has 0 saturated carbocycles. The molecule has 36 heavy (non-hydrogen) atoms. The molecule has 0 aliphatic rings. The Kier molecular flexibility index (Phi) is 15.7. The number of carbonyl (C=O) groups excluding carboxylic acids is 4. The molecule has 0 bridgehead atoms. The van der Waals surface area contributed by atoms with Crippen molar-refractivity contribution in [2.75, 3.05) is 6.54 Å². The van der Waals surface area contributed by atoms with Crippen molar-refractivity contribution in [3.8, 4) is 0 Å². The monoisotopic (exact) mass is 516 g/mol. The number of nitrogens with two attached hydrogens (primary N) is 3. The summed E-state index contributed by atoms with van der Waals surface area (Å²) in [4.78, 5) is 71.9. The van der Waals surface area contributed by atoms with Crippen molar-refractivity contribution in [3.05, 3.63) is 0 Å². The van der Waals surface area contributed by atoms with Gasteiger partial charge in [-0.25, -0.2) is 4.79 Å². The second-order valence-corrected chi connectivity index (χ2v) is 8.65. The summed E-state index contributed by atoms with van der Waals surface area (Å²) in [7, 11) is 0. The first-order chi connectivity index (χ1) is 16.8. The molecule has 0 aliphatic heterocycles. The Bertz CT molecular complexity index is 778. The van der Waals surface area contributed by atoms with E-state index in [-0.39, 0.29) is 31.6 Å². The Balaban J connectivity index is 5.62. The molecule has 0 aromatic carbocycles. The molecule has 0 rings (SSSR count). The highest BCUT2D eigenvalue weighted by Crippen LogP contribution is 2.09. The molecule has 0 aromatic rings. The van der Waals surface area contributed by atoms with Crippen LogP contribution in [0.2, 0.25) is 0 Å². The third kappa shape index (κ3) is 13.0. The Morgan fingerprint density at radius 1 is 0.778 bits per heavy atom. The SMILES string of the molecule is CCC(C)C(N)C(=O)NC(CCC(=O)O)C(=O)NC(CCCCN)C(=O)NC(CCC(N)=O)C(=O)O. The fourth-order valence-electron chi connectivity index (χ4n) is 3.17. The topological polar surface area (TPSA) is 257 Å². The fraction of sp³-hybridized carbons (Fsp3) is 0.727. The van der Waals surface area contributed by atoms with Crippen molar-refractivity contribution in [3.63, 3.8) is 0 Å². The van der Waals surface area contributed by atoms with Crippen molar-refractivity contribution >= 4 is 35.6 Å². The maximum Gasteiger partial charge on any atom is 0.326 e. The predicted molar refractivity (Wildman–Crippen MR) is 129 cm³/mol. The predicted octanol–water partition coefficient (Wildman–Crippen LogP) is -1.84. The summed E-state index contributed by atoms with van der Waals surface area (Å²) in [6, 6.07) is -4.85. The minimum absolute atomic E-state index is 0.100. The molecule has 11 N–H and O–H groups in total. The molecule has 0 heterocycles. The Hall–Kier alpha value is -3.26. The van der Waals surface area contributed by atoms with Crippen LogP contribution in [0.5, 0.6) is 0 Å². The van der Waals surface area contributed by atoms with Crippen molar-refractivity contribution in [2.45, 2.75) is 89.4 Å². The zero-order chi connectivity index (χ0) is 27.8. The van der Waals surface area contributed by atoms with Crippen molar-refractivity contribution in [1.82, 2.24) is 16.0 Å². The first kappa shape index (κ1) is 32.7. The van der Waals surface area contributed by atoms with Crippen molar-refractivity contribution in [1.29, 1.82) is 0 Å². The smallest absolute Gasteiger partial charge is 0.326 e. The van der Waals surface area contributed by atoms with Gasteiger partial charge in [0.1, 0.15) is 18.1 Å². The second-order valence-electron chi connectivity index (χ2n) is 8.65. The molecule has 5 atom stereocenters. The van der Waals surface area contributed by atoms with Gasteiger partial charge < -0.3 is 43.4 Å². The number of carbonyl (C=O) groups is 6. The van der Waals surface area contributed by atoms with E-state index in [0.717, 1.165) is 0 Å². The molecule has 0 saturated heterocycles. The number of carboxylic acids is 2. The van der Waals surface area contributed by atoms with E-state index in [1.165, 1.54) is 0 Å². The molecular weight excluding hydrogens is 476 g/mol. The van der Waals surface area contributed by atoms with E-state index >= 15 is 0 Å². The van der Waals surface area contributed by atoms with Gasteiger partial charge >= 0.3 is 11.9 Å². The molecule has 5 unspecified atom stereocenters. The van der Waals surface area contributed by atoms with E-state index < -0.39 is 66.2 Å². The normalized spacial score (nSPS) is 15.0. The molecule has 14 nitrogen and oxygen atoms in total. The fourth-order valence-corrected chi connectivity index (χ4v) is 3.17. The van der Waals surface area contributed by atoms with Crippen LogP contribution in [0.3, 0.4) is 0 Å². The highest BCUT2D eigenvalue weighted by Gasteiger charge is 2.31. The summed E-state index contributed by atoms with van der Waals surface area (Å²) in [5.41, 5.74) is 16.5. The van der Waals surface area contributed by atoms with E-state index in [0.29, 0.717) is 25.8 Å². The van der Waals surface area contributed by atoms with Gasteiger partial charge in [0.2, 0.25) is 23.6 Å². The van der Waals surface area contributed by atoms with E-state index in [9.17, 15) is 33.9 Å². The summed E-state index contributed by atoms with van der Waals surface area (Å²) in [5, 5.41) is 25.6. The molecule has 0 radical (unpaired) electrons. The summed E-state index contributed by atoms with van der Waals surface area (Å²) < 4.78 is 0. The third-order valence-electron chi connectivity index (χ3n) is 5.71. The summed E-state index contributed by atoms with van der Waals surface area (Å²) in [5.74, 6) is -5.80. The number of nitrogens with one attached hydrogen (secondary N) is 3. The summed E-state index contributed by atoms with van der Waals surface area (Å²) in [6.07, 6.45) is 0.424. The van der Waals surface area contributed by atoms with Gasteiger partial charge in [-0.1, -0.05) is 20.3 Å². The first-order valence-corrected chi connectivity index (χ1v) is 11.9. The highest BCUT2D eigenvalue weighted by atomic mass is 16.4. The standard InChI is InChI=1S/C22H40N6O8/c1-3-12(2)18(25)21(34)27-14(8-10-17(30)31)20(33)26-13(6-4-5-11-23)19(32)28-15(22(35)36)7-9-16(24)29/h12-15,18H,3-11,23,25H2,1-2H3,(H2,24,29)(H,26,33)(H,27,34)(H,28,32)(H,30,31)(H,35,36). The third-order valence-corrected chi connectivity index (χ3v) is 5.71. The van der Waals surface area contributed by atoms with Gasteiger partial charge in [0.25, 0.3) is 0 Å². The number of primary amides is 1. The molecule has 206 valence electrons. The molecule has 4 amide bonds. The maximum absolute atomic E-state index is 13.0. The van der Waals surface area contributed by atoms with Crippen LogP contribution in [0.15, 0.2) is 0 Å². The second kappa shape index (κ2) is 17.2. The number of aliphatic carboxylic acids is 2. The Morgan fingerprint density at radius 2 is 1.28 bits per heavy atom. The number of hydrogen-bond donors (Lipinski definition) is 8. The molecule has 0 spiro atoms. The number of carboxylic acid groups (broad SMARTS) is 2. The lowest BCUT2D eigenvalue weighted by atomic mass is 9.98. The van der Waals surface area contributed by atoms with E-state index in [1.807, 2.05) is 6.92 Å². The average molecular weight is 517 g/mol. The van der Waals surface area contributed by atoms with Crippen molar-refractivity contribution < 1.29 is 39.0 Å². The molecule has 0 aliphatic carbocycles. The molecular formula is C22H40N6O8. The number of hydrogen-bond acceptors (Lipinski definition) is 8. The van der Waals surface area contributed by atoms with Crippen LogP contribution in [0.1, 0.15) is 65.2 Å². The molecule has 0 aromatic heterocycles. The number of unbranched alkanes of at least 4 members (excludes halogenated alkanes) is 1. The lowest BCUT2D eigenvalue weighted by molar-refractivity contribution is -0.142. The molecule has 0 fully saturated rings. The van der Waals surface area contributed by atoms with Crippen LogP contribution in [-0.2, 0) is 28.8 Å². The lowest BCUT2D eigenvalue weighted by Gasteiger charge is -2.26. The quantitative estimate of drug-likeness (QED) is 0.0889. The van der Waals surface area contributed by atoms with Crippen LogP contribution in [0, 0.1) is 5.92 Å². The van der Waals surface area contributed by atoms with Crippen LogP contribution in [0.4, 0.5) is 0 Å². The average Bonchev–Trinajstić information content (AvgIpc) is 2.81. The van der Waals surface area contributed by atoms with Gasteiger partial charge in [0.15, 0.2) is 0 Å². The van der Waals surface area contributed by atoms with Crippen LogP contribution >= 0.6 is 0 Å². The molecule has 14 heteroatoms. The number of amides is 4. The Morgan fingerprint density at radius 3 is 1.75 bits per heavy atom. The Labute approximate surface area is 210 Å². The maximum atomic E-state index is 13.0. The van der Waals surface area contributed by atoms with E-state index in [1.54, 1.807) is 6.92 Å². The largest absolute Gasteiger partial charge is 0.481 e. The first-order valence-electron chi connectivity index (χ1n) is 11.9. The van der Waals surface area contributed by atoms with Crippen LogP contribution in [0.25, 0.3) is 0 Å². The van der Waals surface area contributed by atoms with Gasteiger partial charge in [-0.05, 0) is 44.6 Å². The highest BCUT2D eigenvalue weighted by molar-refractivity contribution is 5.94. The van der Waals surface area contributed by atoms with Gasteiger partial charge in [-0.15, -0.1) is 0 Å². The van der Waals surface area contributed by atoms with Crippen LogP contribution in [-0.4, -0.2) is 76.5 Å².